The third kappa shape index (κ3) is 4.17. The number of amides is 1. The van der Waals surface area contributed by atoms with Crippen LogP contribution in [0.5, 0.6) is 0 Å². The molecule has 27 heavy (non-hydrogen) atoms. The summed E-state index contributed by atoms with van der Waals surface area (Å²) in [7, 11) is 0. The van der Waals surface area contributed by atoms with Gasteiger partial charge in [-0.05, 0) is 36.4 Å². The lowest BCUT2D eigenvalue weighted by atomic mass is 10.2. The van der Waals surface area contributed by atoms with Crippen molar-refractivity contribution in [3.05, 3.63) is 82.6 Å². The zero-order valence-corrected chi connectivity index (χ0v) is 14.1. The van der Waals surface area contributed by atoms with Gasteiger partial charge in [-0.25, -0.2) is 17.6 Å². The first-order valence-electron chi connectivity index (χ1n) is 7.47. The van der Waals surface area contributed by atoms with Gasteiger partial charge in [-0.15, -0.1) is 0 Å². The average molecular weight is 396 g/mol. The molecule has 2 N–H and O–H groups in total. The van der Waals surface area contributed by atoms with Gasteiger partial charge in [0, 0.05) is 11.9 Å². The molecule has 9 heteroatoms. The quantitative estimate of drug-likeness (QED) is 0.466. The Balaban J connectivity index is 1.80. The maximum atomic E-state index is 13.7. The first-order valence-corrected chi connectivity index (χ1v) is 7.85. The Morgan fingerprint density at radius 3 is 2.37 bits per heavy atom. The number of anilines is 3. The first-order chi connectivity index (χ1) is 12.8. The van der Waals surface area contributed by atoms with Crippen molar-refractivity contribution < 1.29 is 22.4 Å². The van der Waals surface area contributed by atoms with E-state index in [0.29, 0.717) is 0 Å². The second-order valence-corrected chi connectivity index (χ2v) is 5.80. The molecular formula is C18H10ClF4N3O. The van der Waals surface area contributed by atoms with Crippen molar-refractivity contribution in [3.63, 3.8) is 0 Å². The zero-order valence-electron chi connectivity index (χ0n) is 13.4. The highest BCUT2D eigenvalue weighted by Crippen LogP contribution is 2.24. The summed E-state index contributed by atoms with van der Waals surface area (Å²) in [5.74, 6) is -5.54. The Hall–Kier alpha value is -3.13. The first kappa shape index (κ1) is 18.7. The Bertz CT molecular complexity index is 1030. The zero-order chi connectivity index (χ0) is 19.6. The number of carbonyl (C=O) groups excluding carboxylic acids is 1. The van der Waals surface area contributed by atoms with Crippen LogP contribution in [0, 0.1) is 23.3 Å². The number of rotatable bonds is 4. The maximum Gasteiger partial charge on any atom is 0.257 e. The number of nitrogens with zero attached hydrogens (tertiary/aromatic N) is 1. The molecule has 0 bridgehead atoms. The van der Waals surface area contributed by atoms with Crippen LogP contribution in [0.1, 0.15) is 10.4 Å². The van der Waals surface area contributed by atoms with Crippen LogP contribution in [0.25, 0.3) is 0 Å². The van der Waals surface area contributed by atoms with E-state index in [4.69, 9.17) is 11.6 Å². The van der Waals surface area contributed by atoms with E-state index >= 15 is 0 Å². The second-order valence-electron chi connectivity index (χ2n) is 5.39. The molecule has 0 saturated heterocycles. The highest BCUT2D eigenvalue weighted by molar-refractivity contribution is 6.31. The smallest absolute Gasteiger partial charge is 0.257 e. The topological polar surface area (TPSA) is 54.0 Å². The molecule has 0 unspecified atom stereocenters. The standard InChI is InChI=1S/C18H10ClF4N3O/c19-12-6-10(1-2-13(12)20)26-18(27)9-5-11(8-24-7-9)25-15-4-3-14(21)16(22)17(15)23/h1-8,25H,(H,26,27). The Labute approximate surface area is 155 Å². The summed E-state index contributed by atoms with van der Waals surface area (Å²) < 4.78 is 53.2. The molecule has 3 aromatic rings. The summed E-state index contributed by atoms with van der Waals surface area (Å²) in [6.45, 7) is 0. The van der Waals surface area contributed by atoms with E-state index in [9.17, 15) is 22.4 Å². The van der Waals surface area contributed by atoms with E-state index < -0.39 is 29.2 Å². The monoisotopic (exact) mass is 395 g/mol. The molecule has 138 valence electrons. The third-order valence-electron chi connectivity index (χ3n) is 3.49. The van der Waals surface area contributed by atoms with Gasteiger partial charge >= 0.3 is 0 Å². The van der Waals surface area contributed by atoms with Crippen LogP contribution in [-0.4, -0.2) is 10.9 Å². The molecule has 2 aromatic carbocycles. The fourth-order valence-corrected chi connectivity index (χ4v) is 2.37. The summed E-state index contributed by atoms with van der Waals surface area (Å²) in [6, 6.07) is 6.77. The van der Waals surface area contributed by atoms with Crippen LogP contribution in [0.3, 0.4) is 0 Å². The molecule has 4 nitrogen and oxygen atoms in total. The van der Waals surface area contributed by atoms with Crippen molar-refractivity contribution in [3.8, 4) is 0 Å². The minimum atomic E-state index is -1.62. The van der Waals surface area contributed by atoms with Crippen molar-refractivity contribution in [2.45, 2.75) is 0 Å². The predicted molar refractivity (Wildman–Crippen MR) is 93.2 cm³/mol. The third-order valence-corrected chi connectivity index (χ3v) is 3.78. The number of aromatic nitrogens is 1. The van der Waals surface area contributed by atoms with Gasteiger partial charge in [0.05, 0.1) is 28.2 Å². The minimum absolute atomic E-state index is 0.0865. The summed E-state index contributed by atoms with van der Waals surface area (Å²) in [6.07, 6.45) is 2.51. The van der Waals surface area contributed by atoms with Crippen LogP contribution in [0.4, 0.5) is 34.6 Å². The van der Waals surface area contributed by atoms with Crippen LogP contribution in [0.15, 0.2) is 48.8 Å². The molecule has 0 aliphatic rings. The van der Waals surface area contributed by atoms with E-state index in [2.05, 4.69) is 15.6 Å². The molecule has 1 aromatic heterocycles. The van der Waals surface area contributed by atoms with Gasteiger partial charge in [0.25, 0.3) is 5.91 Å². The van der Waals surface area contributed by atoms with Crippen LogP contribution in [-0.2, 0) is 0 Å². The predicted octanol–water partition coefficient (Wildman–Crippen LogP) is 5.29. The fourth-order valence-electron chi connectivity index (χ4n) is 2.19. The molecular weight excluding hydrogens is 386 g/mol. The van der Waals surface area contributed by atoms with Gasteiger partial charge in [-0.3, -0.25) is 9.78 Å². The van der Waals surface area contributed by atoms with Gasteiger partial charge in [0.15, 0.2) is 17.5 Å². The molecule has 0 fully saturated rings. The van der Waals surface area contributed by atoms with Crippen LogP contribution >= 0.6 is 11.6 Å². The number of nitrogens with one attached hydrogen (secondary N) is 2. The molecule has 0 atom stereocenters. The molecule has 3 rings (SSSR count). The Morgan fingerprint density at radius 1 is 0.889 bits per heavy atom. The lowest BCUT2D eigenvalue weighted by Gasteiger charge is -2.10. The molecule has 0 aliphatic heterocycles. The van der Waals surface area contributed by atoms with E-state index in [1.165, 1.54) is 30.6 Å². The molecule has 0 aliphatic carbocycles. The van der Waals surface area contributed by atoms with Crippen molar-refractivity contribution in [1.29, 1.82) is 0 Å². The normalized spacial score (nSPS) is 10.6. The molecule has 0 spiro atoms. The number of pyridine rings is 1. The number of hydrogen-bond acceptors (Lipinski definition) is 3. The lowest BCUT2D eigenvalue weighted by molar-refractivity contribution is 0.102. The molecule has 0 radical (unpaired) electrons. The van der Waals surface area contributed by atoms with E-state index in [0.717, 1.165) is 18.2 Å². The van der Waals surface area contributed by atoms with Gasteiger partial charge in [-0.2, -0.15) is 0 Å². The SMILES string of the molecule is O=C(Nc1ccc(F)c(Cl)c1)c1cncc(Nc2ccc(F)c(F)c2F)c1. The van der Waals surface area contributed by atoms with Crippen LogP contribution in [0.2, 0.25) is 5.02 Å². The number of halogens is 5. The average Bonchev–Trinajstić information content (AvgIpc) is 2.65. The van der Waals surface area contributed by atoms with Crippen molar-refractivity contribution >= 4 is 34.6 Å². The van der Waals surface area contributed by atoms with Crippen molar-refractivity contribution in [2.24, 2.45) is 0 Å². The highest BCUT2D eigenvalue weighted by atomic mass is 35.5. The fraction of sp³-hybridized carbons (Fsp3) is 0. The van der Waals surface area contributed by atoms with Crippen molar-refractivity contribution in [1.82, 2.24) is 4.98 Å². The number of hydrogen-bond donors (Lipinski definition) is 2. The second kappa shape index (κ2) is 7.63. The summed E-state index contributed by atoms with van der Waals surface area (Å²) in [5, 5.41) is 4.87. The van der Waals surface area contributed by atoms with Gasteiger partial charge in [0.2, 0.25) is 0 Å². The molecule has 0 saturated carbocycles. The maximum absolute atomic E-state index is 13.7. The van der Waals surface area contributed by atoms with Gasteiger partial charge in [0.1, 0.15) is 5.82 Å². The summed E-state index contributed by atoms with van der Waals surface area (Å²) >= 11 is 5.66. The van der Waals surface area contributed by atoms with Crippen molar-refractivity contribution in [2.75, 3.05) is 10.6 Å². The largest absolute Gasteiger partial charge is 0.352 e. The van der Waals surface area contributed by atoms with Crippen LogP contribution < -0.4 is 10.6 Å². The van der Waals surface area contributed by atoms with Gasteiger partial charge < -0.3 is 10.6 Å². The molecule has 1 amide bonds. The summed E-state index contributed by atoms with van der Waals surface area (Å²) in [5.41, 5.74) is 0.197. The Kier molecular flexibility index (Phi) is 5.27. The Morgan fingerprint density at radius 2 is 1.63 bits per heavy atom. The molecule has 1 heterocycles. The lowest BCUT2D eigenvalue weighted by Crippen LogP contribution is -2.12. The summed E-state index contributed by atoms with van der Waals surface area (Å²) in [4.78, 5) is 16.1. The van der Waals surface area contributed by atoms with Gasteiger partial charge in [-0.1, -0.05) is 11.6 Å². The van der Waals surface area contributed by atoms with E-state index in [-0.39, 0.29) is 27.6 Å². The van der Waals surface area contributed by atoms with E-state index in [1.54, 1.807) is 0 Å². The highest BCUT2D eigenvalue weighted by Gasteiger charge is 2.14. The van der Waals surface area contributed by atoms with E-state index in [1.807, 2.05) is 0 Å². The number of benzene rings is 2. The number of carbonyl (C=O) groups is 1. The minimum Gasteiger partial charge on any atom is -0.352 e.